The van der Waals surface area contributed by atoms with Crippen LogP contribution in [0.2, 0.25) is 0 Å². The van der Waals surface area contributed by atoms with Gasteiger partial charge in [-0.25, -0.2) is 4.79 Å². The second-order valence-corrected chi connectivity index (χ2v) is 4.59. The van der Waals surface area contributed by atoms with Crippen molar-refractivity contribution in [3.8, 4) is 6.07 Å². The van der Waals surface area contributed by atoms with Crippen LogP contribution in [-0.2, 0) is 4.74 Å². The Bertz CT molecular complexity index is 581. The summed E-state index contributed by atoms with van der Waals surface area (Å²) in [6.45, 7) is 1.01. The molecule has 1 saturated heterocycles. The zero-order valence-electron chi connectivity index (χ0n) is 10.2. The first-order chi connectivity index (χ1) is 8.93. The molecule has 19 heavy (non-hydrogen) atoms. The highest BCUT2D eigenvalue weighted by Crippen LogP contribution is 2.44. The molecule has 0 aliphatic carbocycles. The molecule has 1 aromatic rings. The Morgan fingerprint density at radius 2 is 2.42 bits per heavy atom. The van der Waals surface area contributed by atoms with Crippen LogP contribution in [0, 0.1) is 16.7 Å². The summed E-state index contributed by atoms with van der Waals surface area (Å²) in [5, 5.41) is 28.4. The Kier molecular flexibility index (Phi) is 3.28. The maximum Gasteiger partial charge on any atom is 0.351 e. The predicted molar refractivity (Wildman–Crippen MR) is 63.6 cm³/mol. The van der Waals surface area contributed by atoms with Gasteiger partial charge in [0.1, 0.15) is 23.4 Å². The number of nitrogens with zero attached hydrogens (tertiary/aromatic N) is 3. The van der Waals surface area contributed by atoms with E-state index in [1.54, 1.807) is 0 Å². The van der Waals surface area contributed by atoms with Gasteiger partial charge in [0.15, 0.2) is 6.23 Å². The van der Waals surface area contributed by atoms with Crippen molar-refractivity contribution in [3.05, 3.63) is 22.7 Å². The van der Waals surface area contributed by atoms with E-state index in [2.05, 4.69) is 4.98 Å². The number of nitriles is 1. The van der Waals surface area contributed by atoms with Gasteiger partial charge < -0.3 is 20.7 Å². The van der Waals surface area contributed by atoms with Gasteiger partial charge in [-0.1, -0.05) is 0 Å². The van der Waals surface area contributed by atoms with E-state index in [4.69, 9.17) is 15.6 Å². The summed E-state index contributed by atoms with van der Waals surface area (Å²) in [7, 11) is 0. The number of rotatable bonds is 2. The van der Waals surface area contributed by atoms with Crippen LogP contribution in [0.15, 0.2) is 17.1 Å². The third-order valence-corrected chi connectivity index (χ3v) is 3.31. The Morgan fingerprint density at radius 3 is 2.95 bits per heavy atom. The highest BCUT2D eigenvalue weighted by Gasteiger charge is 2.54. The van der Waals surface area contributed by atoms with Gasteiger partial charge in [-0.15, -0.1) is 0 Å². The van der Waals surface area contributed by atoms with Crippen molar-refractivity contribution in [3.63, 3.8) is 0 Å². The first kappa shape index (κ1) is 13.5. The molecule has 8 nitrogen and oxygen atoms in total. The van der Waals surface area contributed by atoms with E-state index in [-0.39, 0.29) is 5.82 Å². The second kappa shape index (κ2) is 4.62. The van der Waals surface area contributed by atoms with E-state index in [1.807, 2.05) is 6.07 Å². The van der Waals surface area contributed by atoms with Crippen molar-refractivity contribution in [2.24, 2.45) is 5.41 Å². The van der Waals surface area contributed by atoms with Crippen molar-refractivity contribution in [1.29, 1.82) is 5.26 Å². The number of nitrogen functional groups attached to an aromatic ring is 1. The molecule has 1 aromatic heterocycles. The van der Waals surface area contributed by atoms with Gasteiger partial charge in [-0.3, -0.25) is 4.57 Å². The molecule has 2 rings (SSSR count). The average molecular weight is 266 g/mol. The van der Waals surface area contributed by atoms with Gasteiger partial charge in [-0.05, 0) is 13.0 Å². The van der Waals surface area contributed by atoms with Gasteiger partial charge in [0.2, 0.25) is 0 Å². The molecule has 102 valence electrons. The molecular formula is C11H14N4O4. The number of aromatic nitrogens is 2. The normalized spacial score (nSPS) is 34.1. The van der Waals surface area contributed by atoms with Crippen LogP contribution < -0.4 is 11.4 Å². The standard InChI is InChI=1S/C11H14N4O4/c1-11(5-12)8(17)6(4-16)19-9(11)15-3-2-7(13)14-10(15)18/h2-3,6,8-9,16-17H,4H2,1H3,(H2,13,14,18)/t6?,8-,9?,11-/m1/s1. The number of ether oxygens (including phenoxy) is 1. The Morgan fingerprint density at radius 1 is 1.74 bits per heavy atom. The summed E-state index contributed by atoms with van der Waals surface area (Å²) in [6.07, 6.45) is -1.83. The Labute approximate surface area is 108 Å². The summed E-state index contributed by atoms with van der Waals surface area (Å²) < 4.78 is 6.48. The molecule has 0 amide bonds. The molecule has 2 heterocycles. The second-order valence-electron chi connectivity index (χ2n) is 4.59. The minimum atomic E-state index is -1.37. The van der Waals surface area contributed by atoms with Crippen LogP contribution in [0.4, 0.5) is 5.82 Å². The summed E-state index contributed by atoms with van der Waals surface area (Å²) in [5.41, 5.74) is 3.34. The van der Waals surface area contributed by atoms with E-state index in [0.717, 1.165) is 4.57 Å². The lowest BCUT2D eigenvalue weighted by Crippen LogP contribution is -2.39. The smallest absolute Gasteiger partial charge is 0.351 e. The van der Waals surface area contributed by atoms with Gasteiger partial charge in [-0.2, -0.15) is 10.2 Å². The molecule has 1 fully saturated rings. The van der Waals surface area contributed by atoms with Crippen molar-refractivity contribution < 1.29 is 14.9 Å². The van der Waals surface area contributed by atoms with Crippen LogP contribution in [0.5, 0.6) is 0 Å². The highest BCUT2D eigenvalue weighted by molar-refractivity contribution is 5.24. The number of aliphatic hydroxyl groups excluding tert-OH is 2. The van der Waals surface area contributed by atoms with E-state index in [9.17, 15) is 15.2 Å². The molecule has 4 atom stereocenters. The van der Waals surface area contributed by atoms with E-state index < -0.39 is 36.1 Å². The molecule has 1 aliphatic rings. The fourth-order valence-electron chi connectivity index (χ4n) is 2.14. The lowest BCUT2D eigenvalue weighted by Gasteiger charge is -2.25. The monoisotopic (exact) mass is 266 g/mol. The number of aliphatic hydroxyl groups is 2. The zero-order chi connectivity index (χ0) is 14.2. The van der Waals surface area contributed by atoms with E-state index in [1.165, 1.54) is 19.2 Å². The first-order valence-corrected chi connectivity index (χ1v) is 5.64. The fourth-order valence-corrected chi connectivity index (χ4v) is 2.14. The molecule has 0 radical (unpaired) electrons. The van der Waals surface area contributed by atoms with Crippen LogP contribution in [0.1, 0.15) is 13.2 Å². The Balaban J connectivity index is 2.49. The average Bonchev–Trinajstić information content (AvgIpc) is 2.63. The van der Waals surface area contributed by atoms with Gasteiger partial charge in [0.25, 0.3) is 0 Å². The summed E-state index contributed by atoms with van der Waals surface area (Å²) in [5.74, 6) is 0.0529. The SMILES string of the molecule is C[C@]1(C#N)C(n2ccc(N)nc2=O)OC(CO)[C@H]1O. The van der Waals surface area contributed by atoms with Crippen molar-refractivity contribution in [2.45, 2.75) is 25.4 Å². The number of nitrogens with two attached hydrogens (primary N) is 1. The van der Waals surface area contributed by atoms with Gasteiger partial charge >= 0.3 is 5.69 Å². The van der Waals surface area contributed by atoms with Crippen LogP contribution in [-0.4, -0.2) is 38.6 Å². The molecule has 4 N–H and O–H groups in total. The molecule has 0 bridgehead atoms. The third-order valence-electron chi connectivity index (χ3n) is 3.31. The van der Waals surface area contributed by atoms with Crippen molar-refractivity contribution in [1.82, 2.24) is 9.55 Å². The van der Waals surface area contributed by atoms with Crippen molar-refractivity contribution in [2.75, 3.05) is 12.3 Å². The Hall–Kier alpha value is -1.95. The zero-order valence-corrected chi connectivity index (χ0v) is 10.2. The number of hydrogen-bond donors (Lipinski definition) is 3. The van der Waals surface area contributed by atoms with Gasteiger partial charge in [0, 0.05) is 6.20 Å². The summed E-state index contributed by atoms with van der Waals surface area (Å²) >= 11 is 0. The van der Waals surface area contributed by atoms with E-state index in [0.29, 0.717) is 0 Å². The highest BCUT2D eigenvalue weighted by atomic mass is 16.5. The summed E-state index contributed by atoms with van der Waals surface area (Å²) in [4.78, 5) is 15.3. The number of anilines is 1. The van der Waals surface area contributed by atoms with Crippen molar-refractivity contribution >= 4 is 5.82 Å². The molecule has 1 aliphatic heterocycles. The number of hydrogen-bond acceptors (Lipinski definition) is 7. The topological polar surface area (TPSA) is 134 Å². The quantitative estimate of drug-likeness (QED) is 0.599. The minimum Gasteiger partial charge on any atom is -0.394 e. The minimum absolute atomic E-state index is 0.0529. The summed E-state index contributed by atoms with van der Waals surface area (Å²) in [6, 6.07) is 3.33. The molecule has 2 unspecified atom stereocenters. The maximum atomic E-state index is 11.8. The molecule has 0 spiro atoms. The maximum absolute atomic E-state index is 11.8. The predicted octanol–water partition coefficient (Wildman–Crippen LogP) is -1.39. The molecule has 8 heteroatoms. The lowest BCUT2D eigenvalue weighted by molar-refractivity contribution is -0.0503. The largest absolute Gasteiger partial charge is 0.394 e. The van der Waals surface area contributed by atoms with E-state index >= 15 is 0 Å². The van der Waals surface area contributed by atoms with Crippen LogP contribution in [0.3, 0.4) is 0 Å². The van der Waals surface area contributed by atoms with Gasteiger partial charge in [0.05, 0.1) is 12.7 Å². The van der Waals surface area contributed by atoms with Crippen LogP contribution >= 0.6 is 0 Å². The molecule has 0 aromatic carbocycles. The molecule has 0 saturated carbocycles. The molecular weight excluding hydrogens is 252 g/mol. The fraction of sp³-hybridized carbons (Fsp3) is 0.545. The lowest BCUT2D eigenvalue weighted by atomic mass is 9.84. The first-order valence-electron chi connectivity index (χ1n) is 5.64. The third kappa shape index (κ3) is 1.98. The van der Waals surface area contributed by atoms with Crippen LogP contribution in [0.25, 0.3) is 0 Å².